The SMILES string of the molecule is Cc1ccccc1Oc1cccc(NC(C)(C)C)n1. The maximum atomic E-state index is 5.81. The minimum Gasteiger partial charge on any atom is -0.439 e. The number of ether oxygens (including phenoxy) is 1. The second kappa shape index (κ2) is 5.31. The molecular weight excluding hydrogens is 236 g/mol. The number of hydrogen-bond donors (Lipinski definition) is 1. The van der Waals surface area contributed by atoms with E-state index < -0.39 is 0 Å². The van der Waals surface area contributed by atoms with E-state index in [1.165, 1.54) is 0 Å². The Morgan fingerprint density at radius 2 is 1.74 bits per heavy atom. The summed E-state index contributed by atoms with van der Waals surface area (Å²) < 4.78 is 5.81. The molecule has 0 saturated carbocycles. The first-order valence-corrected chi connectivity index (χ1v) is 6.43. The van der Waals surface area contributed by atoms with E-state index in [9.17, 15) is 0 Å². The first-order chi connectivity index (χ1) is 8.94. The highest BCUT2D eigenvalue weighted by atomic mass is 16.5. The molecule has 0 radical (unpaired) electrons. The van der Waals surface area contributed by atoms with Crippen molar-refractivity contribution in [3.05, 3.63) is 48.0 Å². The van der Waals surface area contributed by atoms with Crippen molar-refractivity contribution in [2.45, 2.75) is 33.2 Å². The van der Waals surface area contributed by atoms with Gasteiger partial charge in [0.25, 0.3) is 0 Å². The van der Waals surface area contributed by atoms with E-state index in [4.69, 9.17) is 4.74 Å². The van der Waals surface area contributed by atoms with Crippen LogP contribution in [0.5, 0.6) is 11.6 Å². The van der Waals surface area contributed by atoms with Gasteiger partial charge in [-0.1, -0.05) is 24.3 Å². The maximum absolute atomic E-state index is 5.81. The van der Waals surface area contributed by atoms with Crippen LogP contribution in [0.25, 0.3) is 0 Å². The summed E-state index contributed by atoms with van der Waals surface area (Å²) in [4.78, 5) is 4.46. The summed E-state index contributed by atoms with van der Waals surface area (Å²) >= 11 is 0. The second-order valence-electron chi connectivity index (χ2n) is 5.60. The van der Waals surface area contributed by atoms with Crippen molar-refractivity contribution in [3.63, 3.8) is 0 Å². The van der Waals surface area contributed by atoms with Crippen LogP contribution < -0.4 is 10.1 Å². The van der Waals surface area contributed by atoms with Gasteiger partial charge >= 0.3 is 0 Å². The number of pyridine rings is 1. The smallest absolute Gasteiger partial charge is 0.221 e. The van der Waals surface area contributed by atoms with E-state index in [1.54, 1.807) is 0 Å². The normalized spacial score (nSPS) is 11.2. The van der Waals surface area contributed by atoms with Gasteiger partial charge in [0.15, 0.2) is 0 Å². The van der Waals surface area contributed by atoms with Crippen molar-refractivity contribution in [1.82, 2.24) is 4.98 Å². The Hall–Kier alpha value is -2.03. The Bertz CT molecular complexity index is 559. The van der Waals surface area contributed by atoms with Crippen LogP contribution in [0.15, 0.2) is 42.5 Å². The molecule has 0 fully saturated rings. The van der Waals surface area contributed by atoms with Crippen molar-refractivity contribution >= 4 is 5.82 Å². The van der Waals surface area contributed by atoms with E-state index in [-0.39, 0.29) is 5.54 Å². The van der Waals surface area contributed by atoms with Gasteiger partial charge in [0, 0.05) is 11.6 Å². The van der Waals surface area contributed by atoms with Crippen LogP contribution in [0, 0.1) is 6.92 Å². The maximum Gasteiger partial charge on any atom is 0.221 e. The van der Waals surface area contributed by atoms with Gasteiger partial charge in [0.2, 0.25) is 5.88 Å². The zero-order valence-corrected chi connectivity index (χ0v) is 11.9. The number of anilines is 1. The summed E-state index contributed by atoms with van der Waals surface area (Å²) in [7, 11) is 0. The standard InChI is InChI=1S/C16H20N2O/c1-12-8-5-6-9-13(12)19-15-11-7-10-14(17-15)18-16(2,3)4/h5-11H,1-4H3,(H,17,18). The number of hydrogen-bond acceptors (Lipinski definition) is 3. The van der Waals surface area contributed by atoms with Gasteiger partial charge in [-0.15, -0.1) is 0 Å². The molecule has 100 valence electrons. The summed E-state index contributed by atoms with van der Waals surface area (Å²) in [6.07, 6.45) is 0. The molecule has 0 aliphatic carbocycles. The third-order valence-corrected chi connectivity index (χ3v) is 2.53. The Kier molecular flexibility index (Phi) is 3.74. The van der Waals surface area contributed by atoms with E-state index >= 15 is 0 Å². The quantitative estimate of drug-likeness (QED) is 0.884. The molecule has 0 aliphatic heterocycles. The monoisotopic (exact) mass is 256 g/mol. The van der Waals surface area contributed by atoms with Crippen LogP contribution in [0.2, 0.25) is 0 Å². The molecule has 0 spiro atoms. The average Bonchev–Trinajstić information content (AvgIpc) is 2.30. The molecule has 2 rings (SSSR count). The Labute approximate surface area is 114 Å². The third-order valence-electron chi connectivity index (χ3n) is 2.53. The number of benzene rings is 1. The molecule has 0 bridgehead atoms. The lowest BCUT2D eigenvalue weighted by Crippen LogP contribution is -2.26. The zero-order chi connectivity index (χ0) is 13.9. The second-order valence-corrected chi connectivity index (χ2v) is 5.60. The number of rotatable bonds is 3. The molecule has 0 atom stereocenters. The molecule has 1 aromatic carbocycles. The van der Waals surface area contributed by atoms with E-state index in [0.717, 1.165) is 17.1 Å². The van der Waals surface area contributed by atoms with Crippen molar-refractivity contribution in [2.24, 2.45) is 0 Å². The minimum atomic E-state index is -0.0196. The molecule has 0 saturated heterocycles. The largest absolute Gasteiger partial charge is 0.439 e. The molecule has 19 heavy (non-hydrogen) atoms. The van der Waals surface area contributed by atoms with Gasteiger partial charge in [0.1, 0.15) is 11.6 Å². The Balaban J connectivity index is 2.18. The van der Waals surface area contributed by atoms with Gasteiger partial charge in [-0.2, -0.15) is 4.98 Å². The zero-order valence-electron chi connectivity index (χ0n) is 11.9. The predicted molar refractivity (Wildman–Crippen MR) is 78.9 cm³/mol. The molecule has 3 heteroatoms. The number of aromatic nitrogens is 1. The lowest BCUT2D eigenvalue weighted by atomic mass is 10.1. The first kappa shape index (κ1) is 13.4. The lowest BCUT2D eigenvalue weighted by molar-refractivity contribution is 0.459. The van der Waals surface area contributed by atoms with Gasteiger partial charge in [0.05, 0.1) is 0 Å². The van der Waals surface area contributed by atoms with Crippen molar-refractivity contribution in [2.75, 3.05) is 5.32 Å². The number of aryl methyl sites for hydroxylation is 1. The number of nitrogens with one attached hydrogen (secondary N) is 1. The van der Waals surface area contributed by atoms with E-state index in [1.807, 2.05) is 49.4 Å². The molecule has 2 aromatic rings. The minimum absolute atomic E-state index is 0.0196. The van der Waals surface area contributed by atoms with Crippen molar-refractivity contribution < 1.29 is 4.74 Å². The van der Waals surface area contributed by atoms with E-state index in [2.05, 4.69) is 31.1 Å². The summed E-state index contributed by atoms with van der Waals surface area (Å²) in [6, 6.07) is 13.7. The summed E-state index contributed by atoms with van der Waals surface area (Å²) in [5.74, 6) is 2.25. The van der Waals surface area contributed by atoms with Gasteiger partial charge < -0.3 is 10.1 Å². The highest BCUT2D eigenvalue weighted by Crippen LogP contribution is 2.24. The van der Waals surface area contributed by atoms with Crippen LogP contribution in [0.4, 0.5) is 5.82 Å². The molecule has 1 heterocycles. The highest BCUT2D eigenvalue weighted by Gasteiger charge is 2.10. The molecule has 0 aliphatic rings. The fourth-order valence-electron chi connectivity index (χ4n) is 1.71. The average molecular weight is 256 g/mol. The summed E-state index contributed by atoms with van der Waals surface area (Å²) in [6.45, 7) is 8.32. The van der Waals surface area contributed by atoms with Crippen LogP contribution in [-0.4, -0.2) is 10.5 Å². The molecule has 0 amide bonds. The topological polar surface area (TPSA) is 34.1 Å². The highest BCUT2D eigenvalue weighted by molar-refractivity contribution is 5.41. The lowest BCUT2D eigenvalue weighted by Gasteiger charge is -2.21. The molecule has 1 aromatic heterocycles. The first-order valence-electron chi connectivity index (χ1n) is 6.43. The van der Waals surface area contributed by atoms with Gasteiger partial charge in [-0.05, 0) is 45.4 Å². The Morgan fingerprint density at radius 3 is 2.42 bits per heavy atom. The van der Waals surface area contributed by atoms with Crippen molar-refractivity contribution in [1.29, 1.82) is 0 Å². The van der Waals surface area contributed by atoms with E-state index in [0.29, 0.717) is 5.88 Å². The molecular formula is C16H20N2O. The predicted octanol–water partition coefficient (Wildman–Crippen LogP) is 4.39. The fourth-order valence-corrected chi connectivity index (χ4v) is 1.71. The van der Waals surface area contributed by atoms with Crippen LogP contribution in [0.1, 0.15) is 26.3 Å². The molecule has 1 N–H and O–H groups in total. The summed E-state index contributed by atoms with van der Waals surface area (Å²) in [5, 5.41) is 3.33. The third kappa shape index (κ3) is 3.98. The molecule has 3 nitrogen and oxygen atoms in total. The fraction of sp³-hybridized carbons (Fsp3) is 0.312. The molecule has 0 unspecified atom stereocenters. The Morgan fingerprint density at radius 1 is 1.00 bits per heavy atom. The number of nitrogens with zero attached hydrogens (tertiary/aromatic N) is 1. The van der Waals surface area contributed by atoms with Crippen LogP contribution in [0.3, 0.4) is 0 Å². The van der Waals surface area contributed by atoms with Crippen LogP contribution in [-0.2, 0) is 0 Å². The number of para-hydroxylation sites is 1. The van der Waals surface area contributed by atoms with Gasteiger partial charge in [-0.3, -0.25) is 0 Å². The van der Waals surface area contributed by atoms with Crippen molar-refractivity contribution in [3.8, 4) is 11.6 Å². The van der Waals surface area contributed by atoms with Gasteiger partial charge in [-0.25, -0.2) is 0 Å². The summed E-state index contributed by atoms with van der Waals surface area (Å²) in [5.41, 5.74) is 1.08. The van der Waals surface area contributed by atoms with Crippen LogP contribution >= 0.6 is 0 Å².